The molecule has 0 spiro atoms. The number of nitrogens with zero attached hydrogens (tertiary/aromatic N) is 2. The van der Waals surface area contributed by atoms with Crippen LogP contribution >= 0.6 is 0 Å². The summed E-state index contributed by atoms with van der Waals surface area (Å²) in [5.74, 6) is -1.67. The highest BCUT2D eigenvalue weighted by molar-refractivity contribution is 5.95. The monoisotopic (exact) mass is 361 g/mol. The standard InChI is InChI=1S/C18H17F2N3O3/c19-13-3-6-16(15(20)11-13)21-18(26)23-9-7-22(8-10-23)17(25)12-1-4-14(24)5-2-12/h1-6,11,24H,7-10H2,(H,21,26). The molecule has 6 nitrogen and oxygen atoms in total. The van der Waals surface area contributed by atoms with Gasteiger partial charge in [0.2, 0.25) is 0 Å². The van der Waals surface area contributed by atoms with Gasteiger partial charge in [-0.3, -0.25) is 4.79 Å². The lowest BCUT2D eigenvalue weighted by molar-refractivity contribution is 0.0671. The fraction of sp³-hybridized carbons (Fsp3) is 0.222. The van der Waals surface area contributed by atoms with Gasteiger partial charge < -0.3 is 20.2 Å². The zero-order chi connectivity index (χ0) is 18.7. The molecule has 136 valence electrons. The van der Waals surface area contributed by atoms with Crippen LogP contribution in [0.4, 0.5) is 19.3 Å². The van der Waals surface area contributed by atoms with Gasteiger partial charge in [-0.15, -0.1) is 0 Å². The molecule has 0 saturated carbocycles. The quantitative estimate of drug-likeness (QED) is 0.864. The van der Waals surface area contributed by atoms with Crippen molar-refractivity contribution in [3.05, 3.63) is 59.7 Å². The first kappa shape index (κ1) is 17.7. The summed E-state index contributed by atoms with van der Waals surface area (Å²) in [6, 6.07) is 8.36. The fourth-order valence-corrected chi connectivity index (χ4v) is 2.68. The molecular formula is C18H17F2N3O3. The topological polar surface area (TPSA) is 72.9 Å². The average Bonchev–Trinajstić information content (AvgIpc) is 2.64. The minimum Gasteiger partial charge on any atom is -0.508 e. The second kappa shape index (κ2) is 7.38. The minimum atomic E-state index is -0.848. The van der Waals surface area contributed by atoms with E-state index in [1.54, 1.807) is 4.90 Å². The van der Waals surface area contributed by atoms with Crippen LogP contribution in [0.25, 0.3) is 0 Å². The second-order valence-corrected chi connectivity index (χ2v) is 5.88. The van der Waals surface area contributed by atoms with Crippen LogP contribution in [0.2, 0.25) is 0 Å². The summed E-state index contributed by atoms with van der Waals surface area (Å²) in [4.78, 5) is 27.7. The van der Waals surface area contributed by atoms with E-state index < -0.39 is 17.7 Å². The zero-order valence-corrected chi connectivity index (χ0v) is 13.8. The number of hydrogen-bond donors (Lipinski definition) is 2. The molecule has 0 unspecified atom stereocenters. The summed E-state index contributed by atoms with van der Waals surface area (Å²) < 4.78 is 26.5. The van der Waals surface area contributed by atoms with Gasteiger partial charge in [0.25, 0.3) is 5.91 Å². The number of phenolic OH excluding ortho intramolecular Hbond substituents is 1. The van der Waals surface area contributed by atoms with Gasteiger partial charge in [0.15, 0.2) is 0 Å². The Bertz CT molecular complexity index is 819. The number of rotatable bonds is 2. The van der Waals surface area contributed by atoms with E-state index in [9.17, 15) is 23.5 Å². The molecule has 3 amide bonds. The Morgan fingerprint density at radius 3 is 2.15 bits per heavy atom. The van der Waals surface area contributed by atoms with Crippen molar-refractivity contribution in [3.63, 3.8) is 0 Å². The average molecular weight is 361 g/mol. The highest BCUT2D eigenvalue weighted by Crippen LogP contribution is 2.17. The lowest BCUT2D eigenvalue weighted by Gasteiger charge is -2.34. The summed E-state index contributed by atoms with van der Waals surface area (Å²) in [5, 5.41) is 11.7. The molecule has 3 rings (SSSR count). The second-order valence-electron chi connectivity index (χ2n) is 5.88. The molecule has 2 aromatic carbocycles. The van der Waals surface area contributed by atoms with E-state index >= 15 is 0 Å². The largest absolute Gasteiger partial charge is 0.508 e. The van der Waals surface area contributed by atoms with Crippen LogP contribution in [0, 0.1) is 11.6 Å². The van der Waals surface area contributed by atoms with Gasteiger partial charge in [-0.05, 0) is 36.4 Å². The molecule has 0 aliphatic carbocycles. The number of carbonyl (C=O) groups is 2. The van der Waals surface area contributed by atoms with Crippen molar-refractivity contribution in [2.24, 2.45) is 0 Å². The molecule has 8 heteroatoms. The van der Waals surface area contributed by atoms with E-state index in [4.69, 9.17) is 0 Å². The van der Waals surface area contributed by atoms with Crippen LogP contribution < -0.4 is 5.32 Å². The summed E-state index contributed by atoms with van der Waals surface area (Å²) in [5.41, 5.74) is 0.355. The Morgan fingerprint density at radius 1 is 0.923 bits per heavy atom. The Hall–Kier alpha value is -3.16. The Labute approximate surface area is 148 Å². The summed E-state index contributed by atoms with van der Waals surface area (Å²) >= 11 is 0. The molecule has 1 saturated heterocycles. The first-order valence-electron chi connectivity index (χ1n) is 8.03. The molecule has 1 heterocycles. The van der Waals surface area contributed by atoms with Crippen LogP contribution in [0.3, 0.4) is 0 Å². The summed E-state index contributed by atoms with van der Waals surface area (Å²) in [6.45, 7) is 1.25. The van der Waals surface area contributed by atoms with Crippen LogP contribution in [0.1, 0.15) is 10.4 Å². The third kappa shape index (κ3) is 3.90. The first-order chi connectivity index (χ1) is 12.4. The van der Waals surface area contributed by atoms with Gasteiger partial charge in [0, 0.05) is 37.8 Å². The van der Waals surface area contributed by atoms with Crippen molar-refractivity contribution in [3.8, 4) is 5.75 Å². The zero-order valence-electron chi connectivity index (χ0n) is 13.8. The highest BCUT2D eigenvalue weighted by atomic mass is 19.1. The Balaban J connectivity index is 1.56. The summed E-state index contributed by atoms with van der Waals surface area (Å²) in [7, 11) is 0. The van der Waals surface area contributed by atoms with Gasteiger partial charge in [-0.1, -0.05) is 0 Å². The van der Waals surface area contributed by atoms with Gasteiger partial charge in [-0.25, -0.2) is 13.6 Å². The van der Waals surface area contributed by atoms with Crippen LogP contribution in [0.15, 0.2) is 42.5 Å². The van der Waals surface area contributed by atoms with Crippen molar-refractivity contribution in [2.75, 3.05) is 31.5 Å². The van der Waals surface area contributed by atoms with Gasteiger partial charge >= 0.3 is 6.03 Å². The molecular weight excluding hydrogens is 344 g/mol. The van der Waals surface area contributed by atoms with E-state index in [0.29, 0.717) is 37.8 Å². The maximum absolute atomic E-state index is 13.6. The number of benzene rings is 2. The van der Waals surface area contributed by atoms with Gasteiger partial charge in [0.05, 0.1) is 5.69 Å². The minimum absolute atomic E-state index is 0.0797. The predicted octanol–water partition coefficient (Wildman–Crippen LogP) is 2.66. The lowest BCUT2D eigenvalue weighted by Crippen LogP contribution is -2.51. The van der Waals surface area contributed by atoms with E-state index in [-0.39, 0.29) is 17.3 Å². The molecule has 0 bridgehead atoms. The molecule has 0 aromatic heterocycles. The first-order valence-corrected chi connectivity index (χ1v) is 8.03. The molecule has 2 aromatic rings. The molecule has 1 aliphatic heterocycles. The number of urea groups is 1. The number of nitrogens with one attached hydrogen (secondary N) is 1. The van der Waals surface area contributed by atoms with Crippen molar-refractivity contribution in [2.45, 2.75) is 0 Å². The van der Waals surface area contributed by atoms with Crippen molar-refractivity contribution in [1.29, 1.82) is 0 Å². The third-order valence-electron chi connectivity index (χ3n) is 4.14. The Kier molecular flexibility index (Phi) is 5.01. The summed E-state index contributed by atoms with van der Waals surface area (Å²) in [6.07, 6.45) is 0. The number of anilines is 1. The van der Waals surface area contributed by atoms with Crippen LogP contribution in [0.5, 0.6) is 5.75 Å². The van der Waals surface area contributed by atoms with E-state index in [1.165, 1.54) is 29.2 Å². The third-order valence-corrected chi connectivity index (χ3v) is 4.14. The maximum Gasteiger partial charge on any atom is 0.322 e. The predicted molar refractivity (Wildman–Crippen MR) is 91.0 cm³/mol. The number of halogens is 2. The number of carbonyl (C=O) groups excluding carboxylic acids is 2. The molecule has 1 aliphatic rings. The van der Waals surface area contributed by atoms with E-state index in [0.717, 1.165) is 12.1 Å². The lowest BCUT2D eigenvalue weighted by atomic mass is 10.1. The van der Waals surface area contributed by atoms with Crippen molar-refractivity contribution < 1.29 is 23.5 Å². The van der Waals surface area contributed by atoms with Gasteiger partial charge in [0.1, 0.15) is 17.4 Å². The molecule has 2 N–H and O–H groups in total. The van der Waals surface area contributed by atoms with Crippen molar-refractivity contribution in [1.82, 2.24) is 9.80 Å². The van der Waals surface area contributed by atoms with E-state index in [1.807, 2.05) is 0 Å². The van der Waals surface area contributed by atoms with Crippen LogP contribution in [-0.4, -0.2) is 53.0 Å². The number of amides is 3. The van der Waals surface area contributed by atoms with Crippen molar-refractivity contribution >= 4 is 17.6 Å². The molecule has 26 heavy (non-hydrogen) atoms. The normalized spacial score (nSPS) is 14.2. The number of phenols is 1. The Morgan fingerprint density at radius 2 is 1.54 bits per heavy atom. The SMILES string of the molecule is O=C(Nc1ccc(F)cc1F)N1CCN(C(=O)c2ccc(O)cc2)CC1. The number of piperazine rings is 1. The molecule has 0 radical (unpaired) electrons. The molecule has 0 atom stereocenters. The fourth-order valence-electron chi connectivity index (χ4n) is 2.68. The van der Waals surface area contributed by atoms with E-state index in [2.05, 4.69) is 5.32 Å². The smallest absolute Gasteiger partial charge is 0.322 e. The maximum atomic E-state index is 13.6. The number of aromatic hydroxyl groups is 1. The van der Waals surface area contributed by atoms with Crippen LogP contribution in [-0.2, 0) is 0 Å². The number of hydrogen-bond acceptors (Lipinski definition) is 3. The molecule has 1 fully saturated rings. The highest BCUT2D eigenvalue weighted by Gasteiger charge is 2.25. The van der Waals surface area contributed by atoms with Gasteiger partial charge in [-0.2, -0.15) is 0 Å².